The Bertz CT molecular complexity index is 448. The van der Waals surface area contributed by atoms with Gasteiger partial charge in [0.05, 0.1) is 6.26 Å². The number of hydrogen-bond donors (Lipinski definition) is 0. The first-order chi connectivity index (χ1) is 6.92. The highest BCUT2D eigenvalue weighted by molar-refractivity contribution is 7.89. The monoisotopic (exact) mass is 226 g/mol. The average Bonchev–Trinajstić information content (AvgIpc) is 2.15. The van der Waals surface area contributed by atoms with Crippen molar-refractivity contribution in [3.8, 4) is 0 Å². The minimum atomic E-state index is -3.61. The van der Waals surface area contributed by atoms with Crippen molar-refractivity contribution in [3.05, 3.63) is 35.4 Å². The first-order valence-electron chi connectivity index (χ1n) is 4.48. The van der Waals surface area contributed by atoms with Crippen molar-refractivity contribution in [2.45, 2.75) is 13.3 Å². The molecule has 1 rings (SSSR count). The Labute approximate surface area is 89.4 Å². The minimum absolute atomic E-state index is 0.289. The van der Waals surface area contributed by atoms with Gasteiger partial charge in [-0.3, -0.25) is 4.79 Å². The number of amides is 1. The zero-order valence-corrected chi connectivity index (χ0v) is 9.41. The molecule has 0 heterocycles. The number of rotatable bonds is 3. The van der Waals surface area contributed by atoms with Gasteiger partial charge in [0.25, 0.3) is 15.9 Å². The number of carbonyl (C=O) groups is 1. The predicted molar refractivity (Wildman–Crippen MR) is 57.1 cm³/mol. The van der Waals surface area contributed by atoms with Crippen LogP contribution in [0, 0.1) is 0 Å². The standard InChI is InChI=1S/C10H12NO3S/c1-3-8-4-6-9(7-5-8)10(12)11-15(2,13)14/h4-7H,3H2,1-2H3. The number of benzene rings is 1. The van der Waals surface area contributed by atoms with E-state index >= 15 is 0 Å². The van der Waals surface area contributed by atoms with Crippen LogP contribution in [0.25, 0.3) is 0 Å². The molecule has 15 heavy (non-hydrogen) atoms. The Kier molecular flexibility index (Phi) is 3.47. The Morgan fingerprint density at radius 2 is 1.80 bits per heavy atom. The highest BCUT2D eigenvalue weighted by atomic mass is 32.2. The molecule has 0 saturated heterocycles. The molecule has 0 fully saturated rings. The Morgan fingerprint density at radius 1 is 1.27 bits per heavy atom. The van der Waals surface area contributed by atoms with Crippen molar-refractivity contribution in [1.29, 1.82) is 0 Å². The van der Waals surface area contributed by atoms with Crippen molar-refractivity contribution in [2.75, 3.05) is 6.26 Å². The molecule has 0 aromatic heterocycles. The van der Waals surface area contributed by atoms with Gasteiger partial charge >= 0.3 is 0 Å². The summed E-state index contributed by atoms with van der Waals surface area (Å²) in [6.45, 7) is 2.00. The molecular weight excluding hydrogens is 214 g/mol. The molecule has 5 heteroatoms. The van der Waals surface area contributed by atoms with Crippen LogP contribution in [0.2, 0.25) is 0 Å². The summed E-state index contributed by atoms with van der Waals surface area (Å²) < 4.78 is 24.6. The van der Waals surface area contributed by atoms with Gasteiger partial charge in [0.2, 0.25) is 0 Å². The first-order valence-corrected chi connectivity index (χ1v) is 6.33. The van der Waals surface area contributed by atoms with E-state index in [9.17, 15) is 13.2 Å². The summed E-state index contributed by atoms with van der Waals surface area (Å²) in [6, 6.07) is 6.72. The van der Waals surface area contributed by atoms with Crippen molar-refractivity contribution in [2.24, 2.45) is 0 Å². The van der Waals surface area contributed by atoms with Gasteiger partial charge in [-0.2, -0.15) is 0 Å². The zero-order valence-electron chi connectivity index (χ0n) is 8.60. The molecule has 1 aromatic carbocycles. The third-order valence-electron chi connectivity index (χ3n) is 1.86. The van der Waals surface area contributed by atoms with E-state index in [0.29, 0.717) is 0 Å². The molecule has 0 saturated carbocycles. The van der Waals surface area contributed by atoms with Crippen LogP contribution in [0.3, 0.4) is 0 Å². The van der Waals surface area contributed by atoms with Gasteiger partial charge < -0.3 is 0 Å². The molecular formula is C10H12NO3S. The Hall–Kier alpha value is -1.36. The number of sulfonamides is 1. The van der Waals surface area contributed by atoms with Crippen LogP contribution >= 0.6 is 0 Å². The molecule has 0 N–H and O–H groups in total. The van der Waals surface area contributed by atoms with E-state index in [2.05, 4.69) is 4.72 Å². The highest BCUT2D eigenvalue weighted by Gasteiger charge is 2.13. The van der Waals surface area contributed by atoms with E-state index in [4.69, 9.17) is 0 Å². The van der Waals surface area contributed by atoms with E-state index in [1.54, 1.807) is 24.3 Å². The Balaban J connectivity index is 2.84. The van der Waals surface area contributed by atoms with Gasteiger partial charge in [0.15, 0.2) is 0 Å². The fourth-order valence-electron chi connectivity index (χ4n) is 1.09. The van der Waals surface area contributed by atoms with Crippen LogP contribution in [-0.4, -0.2) is 20.6 Å². The molecule has 0 aliphatic rings. The summed E-state index contributed by atoms with van der Waals surface area (Å²) in [6.07, 6.45) is 1.77. The van der Waals surface area contributed by atoms with Crippen LogP contribution in [0.5, 0.6) is 0 Å². The van der Waals surface area contributed by atoms with Crippen molar-refractivity contribution >= 4 is 15.9 Å². The van der Waals surface area contributed by atoms with Crippen molar-refractivity contribution in [3.63, 3.8) is 0 Å². The molecule has 1 aromatic rings. The lowest BCUT2D eigenvalue weighted by atomic mass is 10.1. The predicted octanol–water partition coefficient (Wildman–Crippen LogP) is 0.953. The fraction of sp³-hybridized carbons (Fsp3) is 0.300. The summed E-state index contributed by atoms with van der Waals surface area (Å²) in [4.78, 5) is 11.3. The topological polar surface area (TPSA) is 65.3 Å². The maximum Gasteiger partial charge on any atom is 0.287 e. The number of hydrogen-bond acceptors (Lipinski definition) is 3. The minimum Gasteiger partial charge on any atom is -0.266 e. The lowest BCUT2D eigenvalue weighted by molar-refractivity contribution is 0.0978. The summed E-state index contributed by atoms with van der Waals surface area (Å²) in [5.41, 5.74) is 1.38. The molecule has 81 valence electrons. The van der Waals surface area contributed by atoms with Crippen molar-refractivity contribution in [1.82, 2.24) is 4.72 Å². The second-order valence-corrected chi connectivity index (χ2v) is 4.83. The maximum absolute atomic E-state index is 11.3. The van der Waals surface area contributed by atoms with E-state index in [1.165, 1.54) is 0 Å². The fourth-order valence-corrected chi connectivity index (χ4v) is 1.49. The van der Waals surface area contributed by atoms with Crippen molar-refractivity contribution < 1.29 is 13.2 Å². The highest BCUT2D eigenvalue weighted by Crippen LogP contribution is 2.05. The Morgan fingerprint density at radius 3 is 2.20 bits per heavy atom. The lowest BCUT2D eigenvalue weighted by Crippen LogP contribution is -2.21. The van der Waals surface area contributed by atoms with Crippen LogP contribution in [0.4, 0.5) is 0 Å². The van der Waals surface area contributed by atoms with Gasteiger partial charge in [-0.25, -0.2) is 8.42 Å². The number of carbonyl (C=O) groups excluding carboxylic acids is 1. The van der Waals surface area contributed by atoms with E-state index in [-0.39, 0.29) is 5.56 Å². The van der Waals surface area contributed by atoms with Gasteiger partial charge in [-0.1, -0.05) is 19.1 Å². The van der Waals surface area contributed by atoms with Gasteiger partial charge in [0.1, 0.15) is 0 Å². The molecule has 0 spiro atoms. The molecule has 0 unspecified atom stereocenters. The van der Waals surface area contributed by atoms with Crippen LogP contribution < -0.4 is 4.72 Å². The molecule has 1 amide bonds. The molecule has 0 bridgehead atoms. The lowest BCUT2D eigenvalue weighted by Gasteiger charge is -2.00. The van der Waals surface area contributed by atoms with E-state index in [0.717, 1.165) is 18.2 Å². The third kappa shape index (κ3) is 3.71. The second kappa shape index (κ2) is 4.44. The largest absolute Gasteiger partial charge is 0.287 e. The van der Waals surface area contributed by atoms with Gasteiger partial charge in [-0.05, 0) is 24.1 Å². The van der Waals surface area contributed by atoms with Crippen LogP contribution in [0.15, 0.2) is 24.3 Å². The quantitative estimate of drug-likeness (QED) is 0.770. The number of nitrogens with zero attached hydrogens (tertiary/aromatic N) is 1. The summed E-state index contributed by atoms with van der Waals surface area (Å²) in [5.74, 6) is -0.722. The summed E-state index contributed by atoms with van der Waals surface area (Å²) in [5, 5.41) is 0. The zero-order chi connectivity index (χ0) is 11.5. The number of aryl methyl sites for hydroxylation is 1. The summed E-state index contributed by atoms with van der Waals surface area (Å²) >= 11 is 0. The van der Waals surface area contributed by atoms with Gasteiger partial charge in [0, 0.05) is 5.56 Å². The molecule has 0 atom stereocenters. The first kappa shape index (κ1) is 11.7. The van der Waals surface area contributed by atoms with Crippen LogP contribution in [0.1, 0.15) is 22.8 Å². The van der Waals surface area contributed by atoms with E-state index < -0.39 is 15.9 Å². The molecule has 0 aliphatic carbocycles. The van der Waals surface area contributed by atoms with E-state index in [1.807, 2.05) is 6.92 Å². The SMILES string of the molecule is CCc1ccc(C(=O)[N]S(C)(=O)=O)cc1. The summed E-state index contributed by atoms with van der Waals surface area (Å²) in [7, 11) is -3.61. The normalized spacial score (nSPS) is 11.1. The average molecular weight is 226 g/mol. The molecule has 0 aliphatic heterocycles. The molecule has 1 radical (unpaired) electrons. The third-order valence-corrected chi connectivity index (χ3v) is 2.36. The smallest absolute Gasteiger partial charge is 0.266 e. The van der Waals surface area contributed by atoms with Crippen LogP contribution in [-0.2, 0) is 16.4 Å². The maximum atomic E-state index is 11.3. The van der Waals surface area contributed by atoms with Gasteiger partial charge in [-0.15, -0.1) is 4.72 Å². The molecule has 4 nitrogen and oxygen atoms in total. The second-order valence-electron chi connectivity index (χ2n) is 3.18.